The van der Waals surface area contributed by atoms with E-state index in [0.29, 0.717) is 6.54 Å². The Morgan fingerprint density at radius 2 is 2.12 bits per heavy atom. The van der Waals surface area contributed by atoms with E-state index in [0.717, 1.165) is 31.1 Å². The van der Waals surface area contributed by atoms with Gasteiger partial charge in [-0.2, -0.15) is 5.10 Å². The van der Waals surface area contributed by atoms with Gasteiger partial charge in [0.15, 0.2) is 0 Å². The fraction of sp³-hybridized carbons (Fsp3) is 0.778. The van der Waals surface area contributed by atoms with Gasteiger partial charge in [0, 0.05) is 50.5 Å². The highest BCUT2D eigenvalue weighted by Crippen LogP contribution is 2.26. The maximum absolute atomic E-state index is 12.3. The lowest BCUT2D eigenvalue weighted by atomic mass is 10.1. The number of hydrogen-bond acceptors (Lipinski definition) is 4. The molecule has 7 heteroatoms. The predicted molar refractivity (Wildman–Crippen MR) is 98.4 cm³/mol. The molecule has 25 heavy (non-hydrogen) atoms. The lowest BCUT2D eigenvalue weighted by Crippen LogP contribution is -2.46. The van der Waals surface area contributed by atoms with Crippen LogP contribution in [0, 0.1) is 0 Å². The minimum Gasteiger partial charge on any atom is -0.336 e. The molecule has 2 aliphatic rings. The average Bonchev–Trinajstić information content (AvgIpc) is 3.28. The Hall–Kier alpha value is -1.60. The lowest BCUT2D eigenvalue weighted by Gasteiger charge is -2.25. The Balaban J connectivity index is 1.44. The Kier molecular flexibility index (Phi) is 5.96. The first-order chi connectivity index (χ1) is 12.0. The number of likely N-dealkylation sites (N-methyl/N-ethyl adjacent to an activating group) is 1. The summed E-state index contributed by atoms with van der Waals surface area (Å²) in [6, 6.07) is 1.09. The number of rotatable bonds is 6. The zero-order valence-corrected chi connectivity index (χ0v) is 15.7. The molecule has 1 saturated heterocycles. The van der Waals surface area contributed by atoms with E-state index >= 15 is 0 Å². The maximum atomic E-state index is 12.3. The molecule has 3 rings (SSSR count). The molecule has 1 saturated carbocycles. The molecular formula is C18H32N6O. The monoisotopic (exact) mass is 348 g/mol. The number of hydrogen-bond donors (Lipinski definition) is 2. The van der Waals surface area contributed by atoms with Crippen molar-refractivity contribution >= 4 is 6.03 Å². The Labute approximate surface area is 150 Å². The molecule has 2 N–H and O–H groups in total. The van der Waals surface area contributed by atoms with E-state index in [2.05, 4.69) is 25.5 Å². The molecule has 0 aromatic carbocycles. The fourth-order valence-corrected chi connectivity index (χ4v) is 4.14. The third kappa shape index (κ3) is 4.73. The topological polar surface area (TPSA) is 65.4 Å². The quantitative estimate of drug-likeness (QED) is 0.814. The molecule has 0 unspecified atom stereocenters. The van der Waals surface area contributed by atoms with Gasteiger partial charge in [0.05, 0.1) is 12.2 Å². The fourth-order valence-electron chi connectivity index (χ4n) is 4.14. The molecule has 2 fully saturated rings. The molecule has 1 aromatic rings. The summed E-state index contributed by atoms with van der Waals surface area (Å²) in [7, 11) is 5.95. The summed E-state index contributed by atoms with van der Waals surface area (Å²) >= 11 is 0. The Morgan fingerprint density at radius 3 is 2.76 bits per heavy atom. The van der Waals surface area contributed by atoms with Crippen LogP contribution in [0.15, 0.2) is 12.4 Å². The standard InChI is InChI=1S/C18H32N6O/c1-22(2)17(14-10-20-23(3)12-14)11-19-18(25)21-15-8-9-24(13-15)16-6-4-5-7-16/h10,12,15-17H,4-9,11,13H2,1-3H3,(H2,19,21,25)/t15-,17+/m1/s1. The number of amides is 2. The largest absolute Gasteiger partial charge is 0.336 e. The highest BCUT2D eigenvalue weighted by molar-refractivity contribution is 5.74. The molecule has 2 heterocycles. The predicted octanol–water partition coefficient (Wildman–Crippen LogP) is 1.34. The van der Waals surface area contributed by atoms with E-state index in [1.807, 2.05) is 33.5 Å². The van der Waals surface area contributed by atoms with Gasteiger partial charge >= 0.3 is 6.03 Å². The zero-order chi connectivity index (χ0) is 17.8. The minimum atomic E-state index is -0.0611. The number of nitrogens with zero attached hydrogens (tertiary/aromatic N) is 4. The smallest absolute Gasteiger partial charge is 0.315 e. The molecule has 1 aromatic heterocycles. The first-order valence-electron chi connectivity index (χ1n) is 9.46. The van der Waals surface area contributed by atoms with Gasteiger partial charge in [-0.15, -0.1) is 0 Å². The molecule has 2 atom stereocenters. The summed E-state index contributed by atoms with van der Waals surface area (Å²) in [5, 5.41) is 10.4. The molecule has 0 spiro atoms. The molecular weight excluding hydrogens is 316 g/mol. The van der Waals surface area contributed by atoms with Crippen molar-refractivity contribution < 1.29 is 4.79 Å². The number of likely N-dealkylation sites (tertiary alicyclic amines) is 1. The second-order valence-corrected chi connectivity index (χ2v) is 7.70. The van der Waals surface area contributed by atoms with Crippen LogP contribution in [-0.2, 0) is 7.05 Å². The van der Waals surface area contributed by atoms with Crippen molar-refractivity contribution in [3.63, 3.8) is 0 Å². The molecule has 0 radical (unpaired) electrons. The summed E-state index contributed by atoms with van der Waals surface area (Å²) in [5.74, 6) is 0. The number of urea groups is 1. The van der Waals surface area contributed by atoms with E-state index in [1.165, 1.54) is 25.7 Å². The first-order valence-corrected chi connectivity index (χ1v) is 9.46. The van der Waals surface area contributed by atoms with Crippen LogP contribution in [0.2, 0.25) is 0 Å². The summed E-state index contributed by atoms with van der Waals surface area (Å²) < 4.78 is 1.79. The highest BCUT2D eigenvalue weighted by Gasteiger charge is 2.30. The van der Waals surface area contributed by atoms with Gasteiger partial charge in [-0.3, -0.25) is 9.58 Å². The van der Waals surface area contributed by atoms with E-state index in [1.54, 1.807) is 4.68 Å². The van der Waals surface area contributed by atoms with Crippen molar-refractivity contribution in [3.05, 3.63) is 18.0 Å². The summed E-state index contributed by atoms with van der Waals surface area (Å²) in [6.07, 6.45) is 10.3. The second kappa shape index (κ2) is 8.19. The van der Waals surface area contributed by atoms with Gasteiger partial charge in [0.2, 0.25) is 0 Å². The SMILES string of the molecule is CN(C)[C@@H](CNC(=O)N[C@@H]1CCN(C2CCCC2)C1)c1cnn(C)c1. The van der Waals surface area contributed by atoms with Gasteiger partial charge in [-0.25, -0.2) is 4.79 Å². The van der Waals surface area contributed by atoms with Crippen LogP contribution in [0.5, 0.6) is 0 Å². The number of carbonyl (C=O) groups is 1. The maximum Gasteiger partial charge on any atom is 0.315 e. The number of aryl methyl sites for hydroxylation is 1. The summed E-state index contributed by atoms with van der Waals surface area (Å²) in [6.45, 7) is 2.69. The van der Waals surface area contributed by atoms with Crippen LogP contribution in [0.4, 0.5) is 4.79 Å². The molecule has 7 nitrogen and oxygen atoms in total. The van der Waals surface area contributed by atoms with Crippen molar-refractivity contribution in [1.29, 1.82) is 0 Å². The van der Waals surface area contributed by atoms with Crippen molar-refractivity contribution in [3.8, 4) is 0 Å². The van der Waals surface area contributed by atoms with E-state index in [-0.39, 0.29) is 18.1 Å². The van der Waals surface area contributed by atoms with Gasteiger partial charge < -0.3 is 15.5 Å². The molecule has 140 valence electrons. The van der Waals surface area contributed by atoms with E-state index in [4.69, 9.17) is 0 Å². The highest BCUT2D eigenvalue weighted by atomic mass is 16.2. The summed E-state index contributed by atoms with van der Waals surface area (Å²) in [5.41, 5.74) is 1.11. The third-order valence-corrected chi connectivity index (χ3v) is 5.58. The van der Waals surface area contributed by atoms with Gasteiger partial charge in [0.1, 0.15) is 0 Å². The van der Waals surface area contributed by atoms with Gasteiger partial charge in [0.25, 0.3) is 0 Å². The first kappa shape index (κ1) is 18.2. The van der Waals surface area contributed by atoms with Crippen LogP contribution >= 0.6 is 0 Å². The molecule has 1 aliphatic heterocycles. The van der Waals surface area contributed by atoms with E-state index in [9.17, 15) is 4.79 Å². The Bertz CT molecular complexity index is 566. The van der Waals surface area contributed by atoms with Crippen LogP contribution in [0.3, 0.4) is 0 Å². The lowest BCUT2D eigenvalue weighted by molar-refractivity contribution is 0.223. The molecule has 2 amide bonds. The second-order valence-electron chi connectivity index (χ2n) is 7.70. The summed E-state index contributed by atoms with van der Waals surface area (Å²) in [4.78, 5) is 17.0. The van der Waals surface area contributed by atoms with Crippen LogP contribution < -0.4 is 10.6 Å². The van der Waals surface area contributed by atoms with Gasteiger partial charge in [-0.05, 0) is 33.4 Å². The van der Waals surface area contributed by atoms with E-state index < -0.39 is 0 Å². The number of carbonyl (C=O) groups excluding carboxylic acids is 1. The third-order valence-electron chi connectivity index (χ3n) is 5.58. The zero-order valence-electron chi connectivity index (χ0n) is 15.7. The van der Waals surface area contributed by atoms with Gasteiger partial charge in [-0.1, -0.05) is 12.8 Å². The average molecular weight is 348 g/mol. The van der Waals surface area contributed by atoms with Crippen LogP contribution in [0.1, 0.15) is 43.7 Å². The normalized spacial score (nSPS) is 23.3. The van der Waals surface area contributed by atoms with Crippen molar-refractivity contribution in [2.24, 2.45) is 7.05 Å². The number of aromatic nitrogens is 2. The van der Waals surface area contributed by atoms with Crippen molar-refractivity contribution in [2.45, 2.75) is 50.2 Å². The van der Waals surface area contributed by atoms with Crippen molar-refractivity contribution in [1.82, 2.24) is 30.2 Å². The van der Waals surface area contributed by atoms with Crippen molar-refractivity contribution in [2.75, 3.05) is 33.7 Å². The van der Waals surface area contributed by atoms with Crippen LogP contribution in [-0.4, -0.2) is 71.4 Å². The molecule has 1 aliphatic carbocycles. The Morgan fingerprint density at radius 1 is 1.36 bits per heavy atom. The van der Waals surface area contributed by atoms with Crippen LogP contribution in [0.25, 0.3) is 0 Å². The number of nitrogens with one attached hydrogen (secondary N) is 2. The minimum absolute atomic E-state index is 0.0611. The molecule has 0 bridgehead atoms.